The highest BCUT2D eigenvalue weighted by Crippen LogP contribution is 2.27. The van der Waals surface area contributed by atoms with Crippen LogP contribution in [0, 0.1) is 5.92 Å². The van der Waals surface area contributed by atoms with Gasteiger partial charge in [-0.05, 0) is 29.7 Å². The predicted molar refractivity (Wildman–Crippen MR) is 97.2 cm³/mol. The van der Waals surface area contributed by atoms with Gasteiger partial charge in [-0.15, -0.1) is 0 Å². The van der Waals surface area contributed by atoms with Crippen LogP contribution in [0.5, 0.6) is 0 Å². The lowest BCUT2D eigenvalue weighted by Crippen LogP contribution is -2.32. The summed E-state index contributed by atoms with van der Waals surface area (Å²) >= 11 is 0. The number of fused-ring (bicyclic) bond motifs is 1. The largest absolute Gasteiger partial charge is 0.277 e. The van der Waals surface area contributed by atoms with Gasteiger partial charge in [0.25, 0.3) is 11.8 Å². The molecule has 0 spiro atoms. The zero-order valence-electron chi connectivity index (χ0n) is 14.8. The van der Waals surface area contributed by atoms with Gasteiger partial charge in [0.05, 0.1) is 16.0 Å². The Hall–Kier alpha value is -2.51. The van der Waals surface area contributed by atoms with Crippen LogP contribution in [0.2, 0.25) is 0 Å². The lowest BCUT2D eigenvalue weighted by atomic mass is 9.97. The van der Waals surface area contributed by atoms with Crippen LogP contribution in [0.1, 0.15) is 46.2 Å². The molecule has 6 nitrogen and oxygen atoms in total. The van der Waals surface area contributed by atoms with E-state index in [4.69, 9.17) is 0 Å². The molecular formula is C19H20N2O4S. The summed E-state index contributed by atoms with van der Waals surface area (Å²) in [5.74, 6) is -0.896. The van der Waals surface area contributed by atoms with E-state index in [1.165, 1.54) is 25.2 Å². The molecule has 1 unspecified atom stereocenters. The number of carbonyl (C=O) groups is 2. The lowest BCUT2D eigenvalue weighted by Gasteiger charge is -2.23. The third-order valence-corrected chi connectivity index (χ3v) is 5.92. The molecule has 7 heteroatoms. The van der Waals surface area contributed by atoms with Gasteiger partial charge in [-0.3, -0.25) is 14.5 Å². The topological polar surface area (TPSA) is 83.6 Å². The molecule has 0 saturated heterocycles. The fourth-order valence-electron chi connectivity index (χ4n) is 2.99. The molecule has 3 rings (SSSR count). The molecule has 1 atom stereocenters. The first-order valence-electron chi connectivity index (χ1n) is 8.26. The summed E-state index contributed by atoms with van der Waals surface area (Å²) in [5, 5.41) is 0. The Morgan fingerprint density at radius 3 is 2.15 bits per heavy atom. The zero-order chi connectivity index (χ0) is 19.1. The second kappa shape index (κ2) is 6.66. The standard InChI is InChI=1S/C19H20N2O4S/c1-12(2)17(13-7-5-4-6-8-13)20-26(24,25)14-9-10-15-16(11-14)19(23)21(3)18(15)22/h4-12,17,20H,1-3H3. The fraction of sp³-hybridized carbons (Fsp3) is 0.263. The quantitative estimate of drug-likeness (QED) is 0.818. The minimum Gasteiger partial charge on any atom is -0.277 e. The molecule has 0 radical (unpaired) electrons. The number of hydrogen-bond donors (Lipinski definition) is 1. The van der Waals surface area contributed by atoms with E-state index in [9.17, 15) is 18.0 Å². The molecule has 0 aliphatic carbocycles. The summed E-state index contributed by atoms with van der Waals surface area (Å²) in [4.78, 5) is 25.0. The van der Waals surface area contributed by atoms with Gasteiger partial charge in [0.2, 0.25) is 10.0 Å². The van der Waals surface area contributed by atoms with Crippen LogP contribution in [0.25, 0.3) is 0 Å². The molecule has 0 saturated carbocycles. The van der Waals surface area contributed by atoms with Crippen LogP contribution in [-0.4, -0.2) is 32.2 Å². The SMILES string of the molecule is CC(C)C(NS(=O)(=O)c1ccc2c(c1)C(=O)N(C)C2=O)c1ccccc1. The number of sulfonamides is 1. The van der Waals surface area contributed by atoms with Crippen LogP contribution in [0.15, 0.2) is 53.4 Å². The Labute approximate surface area is 152 Å². The number of carbonyl (C=O) groups excluding carboxylic acids is 2. The predicted octanol–water partition coefficient (Wildman–Crippen LogP) is 2.59. The molecule has 1 heterocycles. The number of nitrogens with one attached hydrogen (secondary N) is 1. The maximum Gasteiger partial charge on any atom is 0.261 e. The van der Waals surface area contributed by atoms with E-state index in [1.54, 1.807) is 0 Å². The van der Waals surface area contributed by atoms with E-state index in [1.807, 2.05) is 44.2 Å². The van der Waals surface area contributed by atoms with E-state index < -0.39 is 27.9 Å². The second-order valence-electron chi connectivity index (χ2n) is 6.63. The summed E-state index contributed by atoms with van der Waals surface area (Å²) in [6, 6.07) is 12.9. The smallest absolute Gasteiger partial charge is 0.261 e. The van der Waals surface area contributed by atoms with Gasteiger partial charge in [-0.2, -0.15) is 0 Å². The second-order valence-corrected chi connectivity index (χ2v) is 8.34. The molecule has 136 valence electrons. The third-order valence-electron chi connectivity index (χ3n) is 4.48. The number of benzene rings is 2. The number of imide groups is 1. The average Bonchev–Trinajstić information content (AvgIpc) is 2.84. The molecule has 2 aromatic rings. The first-order chi connectivity index (χ1) is 12.2. The summed E-state index contributed by atoms with van der Waals surface area (Å²) < 4.78 is 28.5. The van der Waals surface area contributed by atoms with Crippen LogP contribution in [0.3, 0.4) is 0 Å². The van der Waals surface area contributed by atoms with Gasteiger partial charge in [0.15, 0.2) is 0 Å². The van der Waals surface area contributed by atoms with E-state index in [2.05, 4.69) is 4.72 Å². The Balaban J connectivity index is 1.96. The van der Waals surface area contributed by atoms with Crippen molar-refractivity contribution in [3.05, 3.63) is 65.2 Å². The molecule has 2 amide bonds. The zero-order valence-corrected chi connectivity index (χ0v) is 15.6. The van der Waals surface area contributed by atoms with Gasteiger partial charge in [0.1, 0.15) is 0 Å². The Kier molecular flexibility index (Phi) is 4.68. The van der Waals surface area contributed by atoms with Crippen LogP contribution >= 0.6 is 0 Å². The minimum atomic E-state index is -3.86. The van der Waals surface area contributed by atoms with Crippen molar-refractivity contribution in [2.75, 3.05) is 7.05 Å². The monoisotopic (exact) mass is 372 g/mol. The van der Waals surface area contributed by atoms with Gasteiger partial charge in [-0.25, -0.2) is 13.1 Å². The van der Waals surface area contributed by atoms with E-state index in [0.717, 1.165) is 10.5 Å². The van der Waals surface area contributed by atoms with E-state index in [0.29, 0.717) is 0 Å². The Bertz CT molecular complexity index is 968. The van der Waals surface area contributed by atoms with Crippen molar-refractivity contribution >= 4 is 21.8 Å². The summed E-state index contributed by atoms with van der Waals surface area (Å²) in [5.41, 5.74) is 1.19. The average molecular weight is 372 g/mol. The molecular weight excluding hydrogens is 352 g/mol. The van der Waals surface area contributed by atoms with Gasteiger partial charge in [-0.1, -0.05) is 44.2 Å². The van der Waals surface area contributed by atoms with Crippen molar-refractivity contribution in [1.82, 2.24) is 9.62 Å². The Morgan fingerprint density at radius 2 is 1.54 bits per heavy atom. The molecule has 1 aliphatic heterocycles. The summed E-state index contributed by atoms with van der Waals surface area (Å²) in [6.45, 7) is 3.86. The molecule has 0 bridgehead atoms. The van der Waals surface area contributed by atoms with Gasteiger partial charge in [0, 0.05) is 13.1 Å². The number of rotatable bonds is 5. The van der Waals surface area contributed by atoms with Crippen molar-refractivity contribution < 1.29 is 18.0 Å². The highest BCUT2D eigenvalue weighted by Gasteiger charge is 2.34. The number of amides is 2. The normalized spacial score (nSPS) is 15.5. The maximum absolute atomic E-state index is 12.9. The highest BCUT2D eigenvalue weighted by atomic mass is 32.2. The van der Waals surface area contributed by atoms with E-state index in [-0.39, 0.29) is 21.9 Å². The fourth-order valence-corrected chi connectivity index (χ4v) is 4.39. The van der Waals surface area contributed by atoms with Crippen molar-refractivity contribution in [3.8, 4) is 0 Å². The molecule has 0 fully saturated rings. The molecule has 26 heavy (non-hydrogen) atoms. The van der Waals surface area contributed by atoms with Crippen molar-refractivity contribution in [1.29, 1.82) is 0 Å². The molecule has 1 N–H and O–H groups in total. The van der Waals surface area contributed by atoms with Crippen LogP contribution in [-0.2, 0) is 10.0 Å². The minimum absolute atomic E-state index is 0.0240. The Morgan fingerprint density at radius 1 is 0.923 bits per heavy atom. The van der Waals surface area contributed by atoms with Gasteiger partial charge >= 0.3 is 0 Å². The van der Waals surface area contributed by atoms with Crippen LogP contribution in [0.4, 0.5) is 0 Å². The lowest BCUT2D eigenvalue weighted by molar-refractivity contribution is 0.0693. The summed E-state index contributed by atoms with van der Waals surface area (Å²) in [7, 11) is -2.49. The maximum atomic E-state index is 12.9. The molecule has 1 aliphatic rings. The summed E-state index contributed by atoms with van der Waals surface area (Å²) in [6.07, 6.45) is 0. The van der Waals surface area contributed by atoms with Gasteiger partial charge < -0.3 is 0 Å². The highest BCUT2D eigenvalue weighted by molar-refractivity contribution is 7.89. The number of hydrogen-bond acceptors (Lipinski definition) is 4. The van der Waals surface area contributed by atoms with Crippen molar-refractivity contribution in [2.45, 2.75) is 24.8 Å². The molecule has 0 aromatic heterocycles. The first-order valence-corrected chi connectivity index (χ1v) is 9.74. The third kappa shape index (κ3) is 3.15. The first kappa shape index (κ1) is 18.3. The van der Waals surface area contributed by atoms with E-state index >= 15 is 0 Å². The number of nitrogens with zero attached hydrogens (tertiary/aromatic N) is 1. The van der Waals surface area contributed by atoms with Crippen LogP contribution < -0.4 is 4.72 Å². The molecule has 2 aromatic carbocycles. The van der Waals surface area contributed by atoms with Crippen molar-refractivity contribution in [3.63, 3.8) is 0 Å². The van der Waals surface area contributed by atoms with Crippen molar-refractivity contribution in [2.24, 2.45) is 5.92 Å².